The SMILES string of the molecule is CCOCCn1c(=NC(=O)CSCC(=O)Nc2sc3c(c2C(=O)OC)CCCCC3)sc2cc(C(=O)OC)ccc21. The Hall–Kier alpha value is -3.00. The average Bonchev–Trinajstić information content (AvgIpc) is 3.38. The molecule has 2 heterocycles. The molecule has 220 valence electrons. The molecule has 10 nitrogen and oxygen atoms in total. The summed E-state index contributed by atoms with van der Waals surface area (Å²) < 4.78 is 18.0. The maximum absolute atomic E-state index is 12.8. The zero-order chi connectivity index (χ0) is 29.4. The lowest BCUT2D eigenvalue weighted by molar-refractivity contribution is -0.115. The molecule has 2 amide bonds. The number of methoxy groups -OCH3 is 2. The summed E-state index contributed by atoms with van der Waals surface area (Å²) in [6.45, 7) is 3.40. The maximum Gasteiger partial charge on any atom is 0.341 e. The van der Waals surface area contributed by atoms with Crippen LogP contribution >= 0.6 is 34.4 Å². The maximum atomic E-state index is 12.8. The molecular formula is C28H33N3O7S3. The van der Waals surface area contributed by atoms with Crippen molar-refractivity contribution < 1.29 is 33.4 Å². The van der Waals surface area contributed by atoms with Gasteiger partial charge in [0.1, 0.15) is 5.00 Å². The number of thioether (sulfide) groups is 1. The number of hydrogen-bond donors (Lipinski definition) is 1. The number of nitrogens with one attached hydrogen (secondary N) is 1. The van der Waals surface area contributed by atoms with Crippen LogP contribution in [0, 0.1) is 0 Å². The van der Waals surface area contributed by atoms with Crippen LogP contribution in [-0.2, 0) is 43.2 Å². The quantitative estimate of drug-likeness (QED) is 0.190. The first-order valence-corrected chi connectivity index (χ1v) is 16.1. The Balaban J connectivity index is 1.44. The third-order valence-electron chi connectivity index (χ3n) is 6.51. The number of carbonyl (C=O) groups excluding carboxylic acids is 4. The standard InChI is InChI=1S/C28H33N3O7S3/c1-4-38-13-12-31-19-11-10-17(26(34)36-2)14-21(19)41-28(31)30-23(33)16-39-15-22(32)29-25-24(27(35)37-3)18-8-6-5-7-9-20(18)40-25/h10-11,14H,4-9,12-13,15-16H2,1-3H3,(H,29,32). The lowest BCUT2D eigenvalue weighted by Crippen LogP contribution is -2.20. The van der Waals surface area contributed by atoms with Crippen LogP contribution < -0.4 is 10.1 Å². The molecule has 1 aliphatic carbocycles. The fraction of sp³-hybridized carbons (Fsp3) is 0.464. The topological polar surface area (TPSA) is 125 Å². The van der Waals surface area contributed by atoms with Crippen LogP contribution in [0.2, 0.25) is 0 Å². The Morgan fingerprint density at radius 3 is 2.56 bits per heavy atom. The van der Waals surface area contributed by atoms with Crippen molar-refractivity contribution >= 4 is 73.4 Å². The first kappa shape index (κ1) is 30.9. The van der Waals surface area contributed by atoms with E-state index in [4.69, 9.17) is 14.2 Å². The third-order valence-corrected chi connectivity index (χ3v) is 9.68. The van der Waals surface area contributed by atoms with E-state index in [1.807, 2.05) is 11.5 Å². The van der Waals surface area contributed by atoms with E-state index in [0.29, 0.717) is 40.7 Å². The van der Waals surface area contributed by atoms with E-state index < -0.39 is 11.9 Å². The predicted molar refractivity (Wildman–Crippen MR) is 161 cm³/mol. The molecule has 41 heavy (non-hydrogen) atoms. The van der Waals surface area contributed by atoms with Crippen molar-refractivity contribution in [2.75, 3.05) is 44.3 Å². The molecule has 0 saturated heterocycles. The summed E-state index contributed by atoms with van der Waals surface area (Å²) in [5, 5.41) is 3.38. The third kappa shape index (κ3) is 7.64. The fourth-order valence-electron chi connectivity index (χ4n) is 4.60. The van der Waals surface area contributed by atoms with Crippen molar-refractivity contribution in [1.82, 2.24) is 4.57 Å². The first-order chi connectivity index (χ1) is 19.9. The number of esters is 2. The number of benzene rings is 1. The van der Waals surface area contributed by atoms with E-state index in [2.05, 4.69) is 10.3 Å². The Labute approximate surface area is 250 Å². The summed E-state index contributed by atoms with van der Waals surface area (Å²) in [5.74, 6) is -1.53. The van der Waals surface area contributed by atoms with Crippen LogP contribution in [-0.4, -0.2) is 67.3 Å². The van der Waals surface area contributed by atoms with Crippen molar-refractivity contribution in [3.63, 3.8) is 0 Å². The second-order valence-electron chi connectivity index (χ2n) is 9.21. The van der Waals surface area contributed by atoms with Gasteiger partial charge in [-0.2, -0.15) is 4.99 Å². The summed E-state index contributed by atoms with van der Waals surface area (Å²) in [6.07, 6.45) is 4.85. The molecule has 4 rings (SSSR count). The number of aryl methyl sites for hydroxylation is 1. The molecule has 3 aromatic rings. The van der Waals surface area contributed by atoms with Crippen LogP contribution in [0.5, 0.6) is 0 Å². The molecule has 0 fully saturated rings. The minimum absolute atomic E-state index is 0.00529. The zero-order valence-electron chi connectivity index (χ0n) is 23.3. The minimum atomic E-state index is -0.444. The van der Waals surface area contributed by atoms with Crippen LogP contribution in [0.4, 0.5) is 5.00 Å². The Morgan fingerprint density at radius 1 is 1.02 bits per heavy atom. The summed E-state index contributed by atoms with van der Waals surface area (Å²) >= 11 is 3.88. The van der Waals surface area contributed by atoms with Gasteiger partial charge in [0.25, 0.3) is 5.91 Å². The molecular weight excluding hydrogens is 587 g/mol. The van der Waals surface area contributed by atoms with Gasteiger partial charge >= 0.3 is 11.9 Å². The normalized spacial score (nSPS) is 13.5. The smallest absolute Gasteiger partial charge is 0.341 e. The Kier molecular flexibility index (Phi) is 11.1. The van der Waals surface area contributed by atoms with Crippen LogP contribution in [0.3, 0.4) is 0 Å². The second kappa shape index (κ2) is 14.8. The number of thiazole rings is 1. The first-order valence-electron chi connectivity index (χ1n) is 13.3. The number of nitrogens with zero attached hydrogens (tertiary/aromatic N) is 2. The number of thiophene rings is 1. The predicted octanol–water partition coefficient (Wildman–Crippen LogP) is 4.44. The average molecular weight is 620 g/mol. The molecule has 0 saturated carbocycles. The number of ether oxygens (including phenoxy) is 3. The molecule has 0 aliphatic heterocycles. The summed E-state index contributed by atoms with van der Waals surface area (Å²) in [5.41, 5.74) is 2.68. The highest BCUT2D eigenvalue weighted by molar-refractivity contribution is 8.00. The summed E-state index contributed by atoms with van der Waals surface area (Å²) in [4.78, 5) is 56.0. The van der Waals surface area contributed by atoms with Crippen molar-refractivity contribution in [3.05, 3.63) is 44.6 Å². The van der Waals surface area contributed by atoms with E-state index in [-0.39, 0.29) is 23.3 Å². The van der Waals surface area contributed by atoms with Crippen molar-refractivity contribution in [2.45, 2.75) is 45.6 Å². The molecule has 2 aromatic heterocycles. The van der Waals surface area contributed by atoms with Gasteiger partial charge in [0.2, 0.25) is 5.91 Å². The van der Waals surface area contributed by atoms with Gasteiger partial charge in [-0.1, -0.05) is 17.8 Å². The largest absolute Gasteiger partial charge is 0.465 e. The molecule has 1 N–H and O–H groups in total. The van der Waals surface area contributed by atoms with E-state index in [0.717, 1.165) is 64.5 Å². The Morgan fingerprint density at radius 2 is 1.80 bits per heavy atom. The van der Waals surface area contributed by atoms with Crippen molar-refractivity contribution in [2.24, 2.45) is 4.99 Å². The molecule has 0 spiro atoms. The monoisotopic (exact) mass is 619 g/mol. The van der Waals surface area contributed by atoms with Gasteiger partial charge < -0.3 is 24.1 Å². The zero-order valence-corrected chi connectivity index (χ0v) is 25.7. The number of hydrogen-bond acceptors (Lipinski definition) is 10. The molecule has 0 radical (unpaired) electrons. The number of amides is 2. The number of fused-ring (bicyclic) bond motifs is 2. The van der Waals surface area contributed by atoms with Gasteiger partial charge in [-0.25, -0.2) is 9.59 Å². The van der Waals surface area contributed by atoms with E-state index in [9.17, 15) is 19.2 Å². The number of anilines is 1. The van der Waals surface area contributed by atoms with Gasteiger partial charge in [-0.05, 0) is 56.4 Å². The lowest BCUT2D eigenvalue weighted by Gasteiger charge is -2.07. The number of rotatable bonds is 11. The van der Waals surface area contributed by atoms with Crippen LogP contribution in [0.1, 0.15) is 57.3 Å². The highest BCUT2D eigenvalue weighted by Crippen LogP contribution is 2.38. The van der Waals surface area contributed by atoms with E-state index >= 15 is 0 Å². The van der Waals surface area contributed by atoms with Gasteiger partial charge in [0.05, 0.1) is 53.7 Å². The Bertz CT molecular complexity index is 1510. The second-order valence-corrected chi connectivity index (χ2v) is 12.3. The summed E-state index contributed by atoms with van der Waals surface area (Å²) in [7, 11) is 2.67. The van der Waals surface area contributed by atoms with Crippen LogP contribution in [0.15, 0.2) is 23.2 Å². The highest BCUT2D eigenvalue weighted by Gasteiger charge is 2.26. The van der Waals surface area contributed by atoms with Crippen molar-refractivity contribution in [1.29, 1.82) is 0 Å². The van der Waals surface area contributed by atoms with Gasteiger partial charge in [0, 0.05) is 18.0 Å². The molecule has 0 atom stereocenters. The molecule has 1 aromatic carbocycles. The van der Waals surface area contributed by atoms with Crippen LogP contribution in [0.25, 0.3) is 10.2 Å². The fourth-order valence-corrected chi connectivity index (χ4v) is 7.61. The molecule has 13 heteroatoms. The molecule has 0 bridgehead atoms. The number of aromatic nitrogens is 1. The highest BCUT2D eigenvalue weighted by atomic mass is 32.2. The van der Waals surface area contributed by atoms with Crippen molar-refractivity contribution in [3.8, 4) is 0 Å². The van der Waals surface area contributed by atoms with Gasteiger partial charge in [0.15, 0.2) is 4.80 Å². The van der Waals surface area contributed by atoms with Gasteiger partial charge in [-0.3, -0.25) is 9.59 Å². The minimum Gasteiger partial charge on any atom is -0.465 e. The summed E-state index contributed by atoms with van der Waals surface area (Å²) in [6, 6.07) is 5.20. The van der Waals surface area contributed by atoms with E-state index in [1.165, 1.54) is 36.9 Å². The molecule has 0 unspecified atom stereocenters. The van der Waals surface area contributed by atoms with Gasteiger partial charge in [-0.15, -0.1) is 23.1 Å². The lowest BCUT2D eigenvalue weighted by atomic mass is 10.1. The molecule has 1 aliphatic rings. The van der Waals surface area contributed by atoms with E-state index in [1.54, 1.807) is 18.2 Å². The number of carbonyl (C=O) groups is 4.